The van der Waals surface area contributed by atoms with Crippen LogP contribution in [-0.4, -0.2) is 17.0 Å². The van der Waals surface area contributed by atoms with Gasteiger partial charge in [-0.3, -0.25) is 9.59 Å². The fraction of sp³-hybridized carbons (Fsp3) is 0.467. The highest BCUT2D eigenvalue weighted by atomic mass is 16.5. The lowest BCUT2D eigenvalue weighted by Gasteiger charge is -2.18. The van der Waals surface area contributed by atoms with Gasteiger partial charge in [0.25, 0.3) is 0 Å². The molecule has 0 aliphatic carbocycles. The number of hydrogen-bond acceptors (Lipinski definition) is 3. The number of carboxylic acid groups (broad SMARTS) is 1. The molecule has 1 aromatic carbocycles. The summed E-state index contributed by atoms with van der Waals surface area (Å²) in [5, 5.41) is 8.47. The van der Waals surface area contributed by atoms with Gasteiger partial charge in [-0.05, 0) is 29.5 Å². The van der Waals surface area contributed by atoms with Crippen molar-refractivity contribution in [2.45, 2.75) is 45.4 Å². The average molecular weight is 264 g/mol. The van der Waals surface area contributed by atoms with Crippen molar-refractivity contribution in [3.63, 3.8) is 0 Å². The molecule has 0 amide bonds. The summed E-state index contributed by atoms with van der Waals surface area (Å²) in [6, 6.07) is 7.38. The standard InChI is InChI=1S/C15H20O4/c1-15(2,3)11-7-9-12(10-8-11)19-14(18)6-4-5-13(16)17/h7-10H,4-6H2,1-3H3,(H,16,17). The van der Waals surface area contributed by atoms with E-state index >= 15 is 0 Å². The summed E-state index contributed by atoms with van der Waals surface area (Å²) in [7, 11) is 0. The number of carboxylic acids is 1. The Morgan fingerprint density at radius 3 is 2.16 bits per heavy atom. The van der Waals surface area contributed by atoms with Gasteiger partial charge >= 0.3 is 11.9 Å². The van der Waals surface area contributed by atoms with Crippen molar-refractivity contribution in [1.82, 2.24) is 0 Å². The van der Waals surface area contributed by atoms with E-state index in [9.17, 15) is 9.59 Å². The van der Waals surface area contributed by atoms with E-state index in [0.717, 1.165) is 5.56 Å². The van der Waals surface area contributed by atoms with E-state index in [1.165, 1.54) is 0 Å². The summed E-state index contributed by atoms with van der Waals surface area (Å²) in [6.07, 6.45) is 0.402. The van der Waals surface area contributed by atoms with Gasteiger partial charge in [-0.1, -0.05) is 32.9 Å². The maximum Gasteiger partial charge on any atom is 0.311 e. The molecule has 0 aromatic heterocycles. The highest BCUT2D eigenvalue weighted by Gasteiger charge is 2.13. The lowest BCUT2D eigenvalue weighted by Crippen LogP contribution is -2.11. The maximum absolute atomic E-state index is 11.5. The van der Waals surface area contributed by atoms with Crippen LogP contribution in [0.25, 0.3) is 0 Å². The second kappa shape index (κ2) is 6.36. The van der Waals surface area contributed by atoms with Crippen LogP contribution in [-0.2, 0) is 15.0 Å². The molecule has 0 unspecified atom stereocenters. The molecule has 0 fully saturated rings. The maximum atomic E-state index is 11.5. The molecule has 1 aromatic rings. The van der Waals surface area contributed by atoms with Gasteiger partial charge in [0.2, 0.25) is 0 Å². The molecular weight excluding hydrogens is 244 g/mol. The van der Waals surface area contributed by atoms with Gasteiger partial charge in [-0.25, -0.2) is 0 Å². The predicted octanol–water partition coefficient (Wildman–Crippen LogP) is 3.14. The number of carbonyl (C=O) groups is 2. The molecule has 104 valence electrons. The second-order valence-electron chi connectivity index (χ2n) is 5.50. The molecule has 0 heterocycles. The van der Waals surface area contributed by atoms with E-state index < -0.39 is 11.9 Å². The molecule has 0 saturated carbocycles. The molecule has 0 spiro atoms. The molecule has 1 rings (SSSR count). The third kappa shape index (κ3) is 5.55. The Balaban J connectivity index is 2.49. The van der Waals surface area contributed by atoms with Gasteiger partial charge in [0.05, 0.1) is 0 Å². The molecule has 4 nitrogen and oxygen atoms in total. The van der Waals surface area contributed by atoms with Gasteiger partial charge in [-0.15, -0.1) is 0 Å². The Hall–Kier alpha value is -1.84. The van der Waals surface area contributed by atoms with Crippen LogP contribution in [0, 0.1) is 0 Å². The van der Waals surface area contributed by atoms with Crippen molar-refractivity contribution in [3.05, 3.63) is 29.8 Å². The molecule has 0 saturated heterocycles. The highest BCUT2D eigenvalue weighted by Crippen LogP contribution is 2.24. The molecule has 0 radical (unpaired) electrons. The number of esters is 1. The lowest BCUT2D eigenvalue weighted by atomic mass is 9.87. The number of ether oxygens (including phenoxy) is 1. The fourth-order valence-corrected chi connectivity index (χ4v) is 1.59. The Bertz CT molecular complexity index is 440. The first-order chi connectivity index (χ1) is 8.79. The van der Waals surface area contributed by atoms with E-state index in [2.05, 4.69) is 20.8 Å². The molecular formula is C15H20O4. The number of carbonyl (C=O) groups excluding carboxylic acids is 1. The first kappa shape index (κ1) is 15.2. The first-order valence-corrected chi connectivity index (χ1v) is 6.32. The summed E-state index contributed by atoms with van der Waals surface area (Å²) < 4.78 is 5.13. The van der Waals surface area contributed by atoms with Crippen LogP contribution in [0.5, 0.6) is 5.75 Å². The molecule has 1 N–H and O–H groups in total. The average Bonchev–Trinajstić information content (AvgIpc) is 2.27. The first-order valence-electron chi connectivity index (χ1n) is 6.32. The van der Waals surface area contributed by atoms with Crippen LogP contribution in [0.3, 0.4) is 0 Å². The van der Waals surface area contributed by atoms with E-state index in [1.54, 1.807) is 12.1 Å². The van der Waals surface area contributed by atoms with Crippen molar-refractivity contribution in [2.24, 2.45) is 0 Å². The smallest absolute Gasteiger partial charge is 0.311 e. The van der Waals surface area contributed by atoms with Crippen LogP contribution < -0.4 is 4.74 Å². The zero-order valence-corrected chi connectivity index (χ0v) is 11.6. The zero-order valence-electron chi connectivity index (χ0n) is 11.6. The molecule has 4 heteroatoms. The predicted molar refractivity (Wildman–Crippen MR) is 72.3 cm³/mol. The highest BCUT2D eigenvalue weighted by molar-refractivity contribution is 5.73. The number of benzene rings is 1. The minimum Gasteiger partial charge on any atom is -0.481 e. The normalized spacial score (nSPS) is 11.1. The van der Waals surface area contributed by atoms with Crippen LogP contribution >= 0.6 is 0 Å². The minimum absolute atomic E-state index is 0.0158. The van der Waals surface area contributed by atoms with Crippen molar-refractivity contribution in [1.29, 1.82) is 0 Å². The quantitative estimate of drug-likeness (QED) is 0.655. The van der Waals surface area contributed by atoms with Gasteiger partial charge in [-0.2, -0.15) is 0 Å². The minimum atomic E-state index is -0.901. The fourth-order valence-electron chi connectivity index (χ4n) is 1.59. The summed E-state index contributed by atoms with van der Waals surface area (Å²) in [6.45, 7) is 6.33. The Labute approximate surface area is 113 Å². The van der Waals surface area contributed by atoms with Gasteiger partial charge in [0.15, 0.2) is 0 Å². The number of hydrogen-bond donors (Lipinski definition) is 1. The van der Waals surface area contributed by atoms with Crippen LogP contribution in [0.15, 0.2) is 24.3 Å². The van der Waals surface area contributed by atoms with Crippen molar-refractivity contribution in [2.75, 3.05) is 0 Å². The van der Waals surface area contributed by atoms with Crippen LogP contribution in [0.2, 0.25) is 0 Å². The van der Waals surface area contributed by atoms with Crippen LogP contribution in [0.4, 0.5) is 0 Å². The van der Waals surface area contributed by atoms with Gasteiger partial charge in [0, 0.05) is 12.8 Å². The summed E-state index contributed by atoms with van der Waals surface area (Å²) in [4.78, 5) is 21.8. The van der Waals surface area contributed by atoms with Gasteiger partial charge < -0.3 is 9.84 Å². The number of rotatable bonds is 5. The Morgan fingerprint density at radius 1 is 1.11 bits per heavy atom. The third-order valence-electron chi connectivity index (χ3n) is 2.72. The number of aliphatic carboxylic acids is 1. The monoisotopic (exact) mass is 264 g/mol. The SMILES string of the molecule is CC(C)(C)c1ccc(OC(=O)CCCC(=O)O)cc1. The third-order valence-corrected chi connectivity index (χ3v) is 2.72. The molecule has 19 heavy (non-hydrogen) atoms. The second-order valence-corrected chi connectivity index (χ2v) is 5.50. The molecule has 0 aliphatic rings. The summed E-state index contributed by atoms with van der Waals surface area (Å²) in [5.74, 6) is -0.805. The van der Waals surface area contributed by atoms with E-state index in [4.69, 9.17) is 9.84 Å². The lowest BCUT2D eigenvalue weighted by molar-refractivity contribution is -0.137. The molecule has 0 aliphatic heterocycles. The Kier molecular flexibility index (Phi) is 5.10. The van der Waals surface area contributed by atoms with Crippen molar-refractivity contribution >= 4 is 11.9 Å². The molecule has 0 bridgehead atoms. The molecule has 0 atom stereocenters. The van der Waals surface area contributed by atoms with E-state index in [0.29, 0.717) is 12.2 Å². The largest absolute Gasteiger partial charge is 0.481 e. The zero-order chi connectivity index (χ0) is 14.5. The van der Waals surface area contributed by atoms with Crippen molar-refractivity contribution in [3.8, 4) is 5.75 Å². The topological polar surface area (TPSA) is 63.6 Å². The summed E-state index contributed by atoms with van der Waals surface area (Å²) in [5.41, 5.74) is 1.22. The van der Waals surface area contributed by atoms with E-state index in [-0.39, 0.29) is 18.3 Å². The Morgan fingerprint density at radius 2 is 1.68 bits per heavy atom. The van der Waals surface area contributed by atoms with Crippen LogP contribution in [0.1, 0.15) is 45.6 Å². The van der Waals surface area contributed by atoms with E-state index in [1.807, 2.05) is 12.1 Å². The van der Waals surface area contributed by atoms with Gasteiger partial charge in [0.1, 0.15) is 5.75 Å². The summed E-state index contributed by atoms with van der Waals surface area (Å²) >= 11 is 0. The van der Waals surface area contributed by atoms with Crippen molar-refractivity contribution < 1.29 is 19.4 Å².